The molecule has 2 aromatic heterocycles. The van der Waals surface area contributed by atoms with Gasteiger partial charge in [0.15, 0.2) is 0 Å². The monoisotopic (exact) mass is 325 g/mol. The lowest BCUT2D eigenvalue weighted by molar-refractivity contribution is -0.0158. The van der Waals surface area contributed by atoms with Gasteiger partial charge in [-0.25, -0.2) is 4.68 Å². The molecule has 1 saturated heterocycles. The highest BCUT2D eigenvalue weighted by atomic mass is 32.2. The highest BCUT2D eigenvalue weighted by Crippen LogP contribution is 2.17. The molecule has 1 aliphatic rings. The van der Waals surface area contributed by atoms with Gasteiger partial charge in [-0.15, -0.1) is 16.4 Å². The normalized spacial score (nSPS) is 20.0. The van der Waals surface area contributed by atoms with E-state index < -0.39 is 0 Å². The van der Waals surface area contributed by atoms with Crippen molar-refractivity contribution in [3.63, 3.8) is 0 Å². The fourth-order valence-electron chi connectivity index (χ4n) is 2.31. The molecule has 2 aromatic rings. The predicted octanol–water partition coefficient (Wildman–Crippen LogP) is 1.60. The first-order valence-electron chi connectivity index (χ1n) is 7.06. The number of nitrogens with zero attached hydrogens (tertiary/aromatic N) is 5. The van der Waals surface area contributed by atoms with Gasteiger partial charge >= 0.3 is 0 Å². The van der Waals surface area contributed by atoms with Crippen molar-refractivity contribution in [3.05, 3.63) is 22.4 Å². The summed E-state index contributed by atoms with van der Waals surface area (Å²) in [6.07, 6.45) is 0.341. The molecular weight excluding hydrogens is 306 g/mol. The predicted molar refractivity (Wildman–Crippen MR) is 83.8 cm³/mol. The summed E-state index contributed by atoms with van der Waals surface area (Å²) in [7, 11) is 0. The van der Waals surface area contributed by atoms with Gasteiger partial charge in [-0.3, -0.25) is 4.90 Å². The second-order valence-corrected chi connectivity index (χ2v) is 7.12. The molecule has 0 aliphatic carbocycles. The highest BCUT2D eigenvalue weighted by molar-refractivity contribution is 7.99. The highest BCUT2D eigenvalue weighted by Gasteiger charge is 2.16. The van der Waals surface area contributed by atoms with Crippen molar-refractivity contribution in [2.45, 2.75) is 24.7 Å². The number of thioether (sulfide) groups is 1. The average molecular weight is 325 g/mol. The van der Waals surface area contributed by atoms with Crippen LogP contribution >= 0.6 is 23.1 Å². The molecule has 6 nitrogen and oxygen atoms in total. The molecule has 3 heterocycles. The van der Waals surface area contributed by atoms with Crippen LogP contribution < -0.4 is 0 Å². The van der Waals surface area contributed by atoms with Gasteiger partial charge in [0.25, 0.3) is 0 Å². The van der Waals surface area contributed by atoms with E-state index in [9.17, 15) is 0 Å². The van der Waals surface area contributed by atoms with Gasteiger partial charge in [0.1, 0.15) is 0 Å². The van der Waals surface area contributed by atoms with Gasteiger partial charge in [-0.2, -0.15) is 0 Å². The Hall–Kier alpha value is -0.960. The summed E-state index contributed by atoms with van der Waals surface area (Å²) in [4.78, 5) is 3.71. The molecule has 0 aromatic carbocycles. The summed E-state index contributed by atoms with van der Waals surface area (Å²) in [6, 6.07) is 4.16. The van der Waals surface area contributed by atoms with Gasteiger partial charge in [-0.05, 0) is 28.8 Å². The zero-order valence-electron chi connectivity index (χ0n) is 12.0. The van der Waals surface area contributed by atoms with E-state index in [0.29, 0.717) is 6.10 Å². The maximum absolute atomic E-state index is 5.55. The Morgan fingerprint density at radius 2 is 2.48 bits per heavy atom. The number of ether oxygens (including phenoxy) is 1. The van der Waals surface area contributed by atoms with Crippen molar-refractivity contribution < 1.29 is 4.74 Å². The van der Waals surface area contributed by atoms with Crippen LogP contribution in [0.3, 0.4) is 0 Å². The zero-order chi connectivity index (χ0) is 14.5. The van der Waals surface area contributed by atoms with Crippen molar-refractivity contribution in [1.29, 1.82) is 0 Å². The van der Waals surface area contributed by atoms with Crippen molar-refractivity contribution in [2.24, 2.45) is 0 Å². The topological polar surface area (TPSA) is 56.1 Å². The Morgan fingerprint density at radius 1 is 1.52 bits per heavy atom. The van der Waals surface area contributed by atoms with Crippen LogP contribution in [-0.4, -0.2) is 63.2 Å². The molecule has 1 fully saturated rings. The Labute approximate surface area is 132 Å². The van der Waals surface area contributed by atoms with Crippen LogP contribution in [-0.2, 0) is 11.3 Å². The fourth-order valence-corrected chi connectivity index (χ4v) is 3.87. The van der Waals surface area contributed by atoms with Crippen molar-refractivity contribution >= 4 is 23.1 Å². The molecule has 0 amide bonds. The summed E-state index contributed by atoms with van der Waals surface area (Å²) >= 11 is 3.45. The SMILES string of the molecule is C[C@@H]1CN(CCSc2nnnn2Cc2cccs2)CCO1. The lowest BCUT2D eigenvalue weighted by Gasteiger charge is -2.30. The molecule has 0 N–H and O–H groups in total. The molecule has 0 saturated carbocycles. The minimum Gasteiger partial charge on any atom is -0.376 e. The number of rotatable bonds is 6. The summed E-state index contributed by atoms with van der Waals surface area (Å²) < 4.78 is 7.43. The molecular formula is C13H19N5OS2. The molecule has 1 atom stereocenters. The number of thiophene rings is 1. The van der Waals surface area contributed by atoms with Crippen LogP contribution in [0.4, 0.5) is 0 Å². The molecule has 8 heteroatoms. The van der Waals surface area contributed by atoms with E-state index in [1.807, 2.05) is 4.68 Å². The van der Waals surface area contributed by atoms with Crippen molar-refractivity contribution in [1.82, 2.24) is 25.1 Å². The van der Waals surface area contributed by atoms with E-state index in [-0.39, 0.29) is 0 Å². The molecule has 3 rings (SSSR count). The minimum absolute atomic E-state index is 0.341. The molecule has 21 heavy (non-hydrogen) atoms. The fraction of sp³-hybridized carbons (Fsp3) is 0.615. The summed E-state index contributed by atoms with van der Waals surface area (Å²) in [5.41, 5.74) is 0. The van der Waals surface area contributed by atoms with Crippen LogP contribution in [0.1, 0.15) is 11.8 Å². The first-order valence-corrected chi connectivity index (χ1v) is 8.93. The van der Waals surface area contributed by atoms with Gasteiger partial charge in [0.2, 0.25) is 5.16 Å². The Balaban J connectivity index is 1.48. The molecule has 1 aliphatic heterocycles. The van der Waals surface area contributed by atoms with Crippen LogP contribution in [0.25, 0.3) is 0 Å². The number of hydrogen-bond acceptors (Lipinski definition) is 7. The maximum Gasteiger partial charge on any atom is 0.209 e. The summed E-state index contributed by atoms with van der Waals surface area (Å²) in [5.74, 6) is 0.998. The van der Waals surface area contributed by atoms with E-state index in [2.05, 4.69) is 44.9 Å². The molecule has 0 spiro atoms. The van der Waals surface area contributed by atoms with Crippen molar-refractivity contribution in [2.75, 3.05) is 32.0 Å². The lowest BCUT2D eigenvalue weighted by Crippen LogP contribution is -2.42. The first-order chi connectivity index (χ1) is 10.3. The van der Waals surface area contributed by atoms with E-state index in [4.69, 9.17) is 4.74 Å². The minimum atomic E-state index is 0.341. The number of tetrazole rings is 1. The Morgan fingerprint density at radius 3 is 3.29 bits per heavy atom. The smallest absolute Gasteiger partial charge is 0.209 e. The second kappa shape index (κ2) is 7.35. The molecule has 0 bridgehead atoms. The quantitative estimate of drug-likeness (QED) is 0.752. The summed E-state index contributed by atoms with van der Waals surface area (Å²) in [5, 5.41) is 15.0. The van der Waals surface area contributed by atoms with Gasteiger partial charge in [0.05, 0.1) is 19.3 Å². The van der Waals surface area contributed by atoms with Gasteiger partial charge in [0, 0.05) is 30.3 Å². The van der Waals surface area contributed by atoms with E-state index in [1.165, 1.54) is 4.88 Å². The third-order valence-electron chi connectivity index (χ3n) is 3.35. The van der Waals surface area contributed by atoms with Gasteiger partial charge in [-0.1, -0.05) is 17.8 Å². The van der Waals surface area contributed by atoms with Crippen LogP contribution in [0.15, 0.2) is 22.7 Å². The third kappa shape index (κ3) is 4.26. The second-order valence-electron chi connectivity index (χ2n) is 5.03. The van der Waals surface area contributed by atoms with Crippen LogP contribution in [0.5, 0.6) is 0 Å². The van der Waals surface area contributed by atoms with E-state index >= 15 is 0 Å². The maximum atomic E-state index is 5.55. The molecule has 114 valence electrons. The van der Waals surface area contributed by atoms with Gasteiger partial charge < -0.3 is 4.74 Å². The lowest BCUT2D eigenvalue weighted by atomic mass is 10.3. The number of morpholine rings is 1. The molecule has 0 unspecified atom stereocenters. The standard InChI is InChI=1S/C13H19N5OS2/c1-11-9-17(4-6-19-11)5-8-21-13-14-15-16-18(13)10-12-3-2-7-20-12/h2-3,7,11H,4-6,8-10H2,1H3/t11-/m1/s1. The number of aromatic nitrogens is 4. The number of hydrogen-bond donors (Lipinski definition) is 0. The third-order valence-corrected chi connectivity index (χ3v) is 5.15. The van der Waals surface area contributed by atoms with Crippen molar-refractivity contribution in [3.8, 4) is 0 Å². The first kappa shape index (κ1) is 15.0. The Bertz CT molecular complexity index is 545. The van der Waals surface area contributed by atoms with Crippen LogP contribution in [0.2, 0.25) is 0 Å². The average Bonchev–Trinajstić information content (AvgIpc) is 3.12. The molecule has 0 radical (unpaired) electrons. The van der Waals surface area contributed by atoms with E-state index in [0.717, 1.165) is 43.7 Å². The largest absolute Gasteiger partial charge is 0.376 e. The van der Waals surface area contributed by atoms with Crippen LogP contribution in [0, 0.1) is 0 Å². The van der Waals surface area contributed by atoms with E-state index in [1.54, 1.807) is 23.1 Å². The Kier molecular flexibility index (Phi) is 5.23. The summed E-state index contributed by atoms with van der Waals surface area (Å²) in [6.45, 7) is 6.79. The zero-order valence-corrected chi connectivity index (χ0v) is 13.6.